The molecule has 1 atom stereocenters. The van der Waals surface area contributed by atoms with E-state index in [1.165, 1.54) is 40.8 Å². The lowest BCUT2D eigenvalue weighted by atomic mass is 9.91. The van der Waals surface area contributed by atoms with Crippen LogP contribution in [0.3, 0.4) is 0 Å². The number of ether oxygens (including phenoxy) is 3. The maximum absolute atomic E-state index is 14.9. The summed E-state index contributed by atoms with van der Waals surface area (Å²) in [5.74, 6) is -0.0910. The Labute approximate surface area is 273 Å². The van der Waals surface area contributed by atoms with Gasteiger partial charge in [0.05, 0.1) is 30.6 Å². The summed E-state index contributed by atoms with van der Waals surface area (Å²) in [6, 6.07) is 14.0. The largest absolute Gasteiger partial charge is 0.493 e. The number of fused-ring (bicyclic) bond motifs is 1. The molecule has 1 saturated heterocycles. The minimum absolute atomic E-state index is 0.00598. The molecule has 14 heteroatoms. The molecule has 0 radical (unpaired) electrons. The standard InChI is InChI=1S/C34H35F4N3O7/c1-3-47-32(42)17-22-7-10-30(31(16-22)46-2)48-26-11-13-39(14-12-26)21-33(43,34(36,37)38)28-20-40(19-23-5-4-6-24(35)15-23)29-18-25(41(44)45)8-9-27(28)29/h4-10,15-16,18,20,26,43H,3,11-14,17,19,21H2,1-2H3. The van der Waals surface area contributed by atoms with Gasteiger partial charge in [-0.1, -0.05) is 18.2 Å². The molecule has 48 heavy (non-hydrogen) atoms. The van der Waals surface area contributed by atoms with Crippen molar-refractivity contribution in [3.63, 3.8) is 0 Å². The molecule has 0 amide bonds. The zero-order chi connectivity index (χ0) is 34.6. The van der Waals surface area contributed by atoms with Crippen molar-refractivity contribution >= 4 is 22.6 Å². The summed E-state index contributed by atoms with van der Waals surface area (Å²) in [6.07, 6.45) is -3.55. The predicted molar refractivity (Wildman–Crippen MR) is 167 cm³/mol. The second kappa shape index (κ2) is 14.2. The molecule has 1 fully saturated rings. The lowest BCUT2D eigenvalue weighted by molar-refractivity contribution is -0.384. The van der Waals surface area contributed by atoms with Crippen molar-refractivity contribution < 1.29 is 46.6 Å². The Balaban J connectivity index is 1.36. The Morgan fingerprint density at radius 3 is 2.44 bits per heavy atom. The van der Waals surface area contributed by atoms with Crippen molar-refractivity contribution in [1.82, 2.24) is 9.47 Å². The van der Waals surface area contributed by atoms with Gasteiger partial charge in [0.2, 0.25) is 5.60 Å². The number of β-amino-alcohol motifs (C(OH)–C–C–N with tert-alkyl or cyclic N) is 1. The summed E-state index contributed by atoms with van der Waals surface area (Å²) in [6.45, 7) is 1.47. The molecule has 1 aliphatic heterocycles. The first-order chi connectivity index (χ1) is 22.8. The zero-order valence-electron chi connectivity index (χ0n) is 26.3. The number of rotatable bonds is 12. The van der Waals surface area contributed by atoms with Crippen LogP contribution < -0.4 is 9.47 Å². The number of halogens is 4. The summed E-state index contributed by atoms with van der Waals surface area (Å²) in [7, 11) is 1.46. The van der Waals surface area contributed by atoms with E-state index in [4.69, 9.17) is 14.2 Å². The Morgan fingerprint density at radius 2 is 1.79 bits per heavy atom. The van der Waals surface area contributed by atoms with E-state index in [2.05, 4.69) is 0 Å². The van der Waals surface area contributed by atoms with Gasteiger partial charge in [0.15, 0.2) is 11.5 Å². The highest BCUT2D eigenvalue weighted by atomic mass is 19.4. The van der Waals surface area contributed by atoms with E-state index in [0.717, 1.165) is 18.3 Å². The van der Waals surface area contributed by atoms with Gasteiger partial charge in [-0.3, -0.25) is 19.8 Å². The van der Waals surface area contributed by atoms with Gasteiger partial charge in [-0.15, -0.1) is 0 Å². The van der Waals surface area contributed by atoms with E-state index in [0.29, 0.717) is 35.5 Å². The number of nitro groups is 1. The van der Waals surface area contributed by atoms with Crippen LogP contribution in [-0.2, 0) is 28.1 Å². The highest BCUT2D eigenvalue weighted by molar-refractivity contribution is 5.87. The summed E-state index contributed by atoms with van der Waals surface area (Å²) in [5.41, 5.74) is -2.93. The van der Waals surface area contributed by atoms with E-state index in [1.54, 1.807) is 31.2 Å². The highest BCUT2D eigenvalue weighted by Crippen LogP contribution is 2.44. The number of carbonyl (C=O) groups is 1. The third-order valence-corrected chi connectivity index (χ3v) is 8.40. The van der Waals surface area contributed by atoms with Crippen molar-refractivity contribution in [1.29, 1.82) is 0 Å². The molecular formula is C34H35F4N3O7. The number of nitrogens with zero attached hydrogens (tertiary/aromatic N) is 3. The second-order valence-corrected chi connectivity index (χ2v) is 11.7. The molecule has 256 valence electrons. The monoisotopic (exact) mass is 673 g/mol. The van der Waals surface area contributed by atoms with Crippen LogP contribution in [0.5, 0.6) is 11.5 Å². The second-order valence-electron chi connectivity index (χ2n) is 11.7. The number of piperidine rings is 1. The fourth-order valence-electron chi connectivity index (χ4n) is 6.00. The molecule has 1 unspecified atom stereocenters. The maximum Gasteiger partial charge on any atom is 0.422 e. The minimum Gasteiger partial charge on any atom is -0.493 e. The van der Waals surface area contributed by atoms with Crippen molar-refractivity contribution in [2.45, 2.75) is 50.6 Å². The number of non-ortho nitro benzene ring substituents is 1. The number of esters is 1. The molecule has 0 aliphatic carbocycles. The van der Waals surface area contributed by atoms with Crippen LogP contribution in [0.1, 0.15) is 36.5 Å². The molecule has 0 bridgehead atoms. The number of methoxy groups -OCH3 is 1. The smallest absolute Gasteiger partial charge is 0.422 e. The molecule has 2 heterocycles. The van der Waals surface area contributed by atoms with Gasteiger partial charge in [0.25, 0.3) is 5.69 Å². The van der Waals surface area contributed by atoms with Crippen LogP contribution in [0.2, 0.25) is 0 Å². The van der Waals surface area contributed by atoms with Crippen LogP contribution >= 0.6 is 0 Å². The number of alkyl halides is 3. The van der Waals surface area contributed by atoms with Crippen molar-refractivity contribution in [3.05, 3.63) is 99.5 Å². The van der Waals surface area contributed by atoms with E-state index >= 15 is 0 Å². The predicted octanol–water partition coefficient (Wildman–Crippen LogP) is 6.14. The number of hydrogen-bond donors (Lipinski definition) is 1. The fraction of sp³-hybridized carbons (Fsp3) is 0.382. The van der Waals surface area contributed by atoms with E-state index in [9.17, 15) is 37.6 Å². The molecule has 1 N–H and O–H groups in total. The number of aromatic nitrogens is 1. The SMILES string of the molecule is CCOC(=O)Cc1ccc(OC2CCN(CC(O)(c3cn(Cc4cccc(F)c4)c4cc([N+](=O)[O-])ccc34)C(F)(F)F)CC2)c(OC)c1. The van der Waals surface area contributed by atoms with Crippen LogP contribution in [0.25, 0.3) is 10.9 Å². The number of nitro benzene ring substituents is 1. The third kappa shape index (κ3) is 7.55. The van der Waals surface area contributed by atoms with Gasteiger partial charge in [-0.2, -0.15) is 13.2 Å². The number of carbonyl (C=O) groups excluding carboxylic acids is 1. The van der Waals surface area contributed by atoms with E-state index in [-0.39, 0.29) is 61.3 Å². The normalized spacial score (nSPS) is 15.6. The minimum atomic E-state index is -5.11. The fourth-order valence-corrected chi connectivity index (χ4v) is 6.00. The number of hydrogen-bond acceptors (Lipinski definition) is 8. The molecule has 4 aromatic rings. The Morgan fingerprint density at radius 1 is 1.04 bits per heavy atom. The third-order valence-electron chi connectivity index (χ3n) is 8.40. The first-order valence-electron chi connectivity index (χ1n) is 15.3. The summed E-state index contributed by atoms with van der Waals surface area (Å²) < 4.78 is 76.4. The number of aliphatic hydroxyl groups is 1. The number of likely N-dealkylation sites (tertiary alicyclic amines) is 1. The molecule has 1 aromatic heterocycles. The maximum atomic E-state index is 14.9. The van der Waals surface area contributed by atoms with Crippen molar-refractivity contribution in [2.75, 3.05) is 33.4 Å². The van der Waals surface area contributed by atoms with Crippen LogP contribution in [0.4, 0.5) is 23.2 Å². The number of benzene rings is 3. The first-order valence-corrected chi connectivity index (χ1v) is 15.3. The molecule has 3 aromatic carbocycles. The van der Waals surface area contributed by atoms with Crippen LogP contribution in [-0.4, -0.2) is 71.1 Å². The lowest BCUT2D eigenvalue weighted by Gasteiger charge is -2.39. The quantitative estimate of drug-likeness (QED) is 0.0825. The molecule has 10 nitrogen and oxygen atoms in total. The van der Waals surface area contributed by atoms with Gasteiger partial charge in [-0.05, 0) is 61.2 Å². The van der Waals surface area contributed by atoms with Gasteiger partial charge in [-0.25, -0.2) is 4.39 Å². The van der Waals surface area contributed by atoms with Gasteiger partial charge >= 0.3 is 12.1 Å². The molecule has 0 spiro atoms. The first kappa shape index (κ1) is 34.6. The summed E-state index contributed by atoms with van der Waals surface area (Å²) in [4.78, 5) is 24.2. The Bertz CT molecular complexity index is 1790. The van der Waals surface area contributed by atoms with Crippen LogP contribution in [0.15, 0.2) is 66.9 Å². The average Bonchev–Trinajstić information content (AvgIpc) is 3.40. The highest BCUT2D eigenvalue weighted by Gasteiger charge is 2.57. The average molecular weight is 674 g/mol. The van der Waals surface area contributed by atoms with Gasteiger partial charge in [0, 0.05) is 55.5 Å². The molecule has 0 saturated carbocycles. The van der Waals surface area contributed by atoms with E-state index in [1.807, 2.05) is 0 Å². The molecular weight excluding hydrogens is 638 g/mol. The van der Waals surface area contributed by atoms with Gasteiger partial charge in [0.1, 0.15) is 11.9 Å². The topological polar surface area (TPSA) is 116 Å². The van der Waals surface area contributed by atoms with Gasteiger partial charge < -0.3 is 23.9 Å². The molecule has 5 rings (SSSR count). The zero-order valence-corrected chi connectivity index (χ0v) is 26.3. The lowest BCUT2D eigenvalue weighted by Crippen LogP contribution is -2.53. The van der Waals surface area contributed by atoms with Crippen LogP contribution in [0, 0.1) is 15.9 Å². The van der Waals surface area contributed by atoms with Crippen molar-refractivity contribution in [3.8, 4) is 11.5 Å². The van der Waals surface area contributed by atoms with E-state index < -0.39 is 34.6 Å². The molecule has 1 aliphatic rings. The Hall–Kier alpha value is -4.69. The Kier molecular flexibility index (Phi) is 10.2. The summed E-state index contributed by atoms with van der Waals surface area (Å²) >= 11 is 0. The van der Waals surface area contributed by atoms with Crippen molar-refractivity contribution in [2.24, 2.45) is 0 Å². The summed E-state index contributed by atoms with van der Waals surface area (Å²) in [5, 5.41) is 23.0.